The second kappa shape index (κ2) is 8.50. The lowest BCUT2D eigenvalue weighted by Gasteiger charge is -2.32. The highest BCUT2D eigenvalue weighted by Gasteiger charge is 2.41. The Labute approximate surface area is 188 Å². The molecule has 2 aliphatic heterocycles. The van der Waals surface area contributed by atoms with E-state index in [9.17, 15) is 9.59 Å². The Morgan fingerprint density at radius 3 is 2.75 bits per heavy atom. The third-order valence-electron chi connectivity index (χ3n) is 6.41. The molecule has 0 spiro atoms. The monoisotopic (exact) mass is 438 g/mol. The first-order valence-electron chi connectivity index (χ1n) is 10.9. The molecule has 0 aliphatic carbocycles. The van der Waals surface area contributed by atoms with Crippen molar-refractivity contribution in [1.82, 2.24) is 14.9 Å². The summed E-state index contributed by atoms with van der Waals surface area (Å²) >= 11 is 0. The minimum Gasteiger partial charge on any atom is -0.497 e. The molecular formula is C24H30N4O4. The van der Waals surface area contributed by atoms with Crippen molar-refractivity contribution in [2.45, 2.75) is 58.2 Å². The van der Waals surface area contributed by atoms with Gasteiger partial charge in [-0.3, -0.25) is 14.5 Å². The molecule has 1 aromatic carbocycles. The lowest BCUT2D eigenvalue weighted by atomic mass is 10.1. The molecule has 4 rings (SSSR count). The van der Waals surface area contributed by atoms with Gasteiger partial charge >= 0.3 is 0 Å². The minimum atomic E-state index is -0.914. The number of anilines is 1. The van der Waals surface area contributed by atoms with Crippen LogP contribution in [0.5, 0.6) is 5.75 Å². The molecule has 1 atom stereocenters. The van der Waals surface area contributed by atoms with E-state index in [2.05, 4.69) is 0 Å². The van der Waals surface area contributed by atoms with Crippen molar-refractivity contribution in [1.29, 1.82) is 0 Å². The Kier molecular flexibility index (Phi) is 5.90. The number of nitrogens with zero attached hydrogens (tertiary/aromatic N) is 4. The molecular weight excluding hydrogens is 408 g/mol. The largest absolute Gasteiger partial charge is 0.497 e. The van der Waals surface area contributed by atoms with Gasteiger partial charge < -0.3 is 14.4 Å². The maximum absolute atomic E-state index is 13.1. The molecule has 2 amide bonds. The summed E-state index contributed by atoms with van der Waals surface area (Å²) in [4.78, 5) is 39.0. The van der Waals surface area contributed by atoms with Gasteiger partial charge in [0.2, 0.25) is 5.91 Å². The molecule has 2 aromatic rings. The molecule has 1 fully saturated rings. The first-order chi connectivity index (χ1) is 15.2. The van der Waals surface area contributed by atoms with Gasteiger partial charge in [-0.25, -0.2) is 9.97 Å². The van der Waals surface area contributed by atoms with Gasteiger partial charge in [0.1, 0.15) is 17.2 Å². The lowest BCUT2D eigenvalue weighted by Crippen LogP contribution is -2.46. The Bertz CT molecular complexity index is 1050. The predicted octanol–water partition coefficient (Wildman–Crippen LogP) is 2.97. The van der Waals surface area contributed by atoms with E-state index in [1.807, 2.05) is 36.1 Å². The van der Waals surface area contributed by atoms with E-state index < -0.39 is 5.60 Å². The molecule has 1 aromatic heterocycles. The van der Waals surface area contributed by atoms with Gasteiger partial charge in [0.05, 0.1) is 26.1 Å². The Balaban J connectivity index is 1.67. The van der Waals surface area contributed by atoms with E-state index in [0.29, 0.717) is 24.7 Å². The average Bonchev–Trinajstić information content (AvgIpc) is 3.39. The number of hydrogen-bond acceptors (Lipinski definition) is 6. The third kappa shape index (κ3) is 3.95. The Hall–Kier alpha value is -3.00. The number of benzene rings is 1. The predicted molar refractivity (Wildman–Crippen MR) is 119 cm³/mol. The molecule has 8 heteroatoms. The second-order valence-corrected chi connectivity index (χ2v) is 8.85. The average molecular weight is 439 g/mol. The highest BCUT2D eigenvalue weighted by Crippen LogP contribution is 2.37. The fourth-order valence-corrected chi connectivity index (χ4v) is 4.37. The van der Waals surface area contributed by atoms with Crippen LogP contribution < -0.4 is 9.64 Å². The van der Waals surface area contributed by atoms with Crippen molar-refractivity contribution in [3.8, 4) is 5.75 Å². The summed E-state index contributed by atoms with van der Waals surface area (Å²) in [5, 5.41) is 0. The normalized spacial score (nSPS) is 18.3. The van der Waals surface area contributed by atoms with Crippen molar-refractivity contribution >= 4 is 17.6 Å². The zero-order valence-electron chi connectivity index (χ0n) is 19.3. The molecule has 1 saturated heterocycles. The quantitative estimate of drug-likeness (QED) is 0.689. The molecule has 0 saturated carbocycles. The van der Waals surface area contributed by atoms with Crippen molar-refractivity contribution in [2.75, 3.05) is 25.7 Å². The number of amides is 2. The first-order valence-corrected chi connectivity index (χ1v) is 10.9. The molecule has 0 bridgehead atoms. The smallest absolute Gasteiger partial charge is 0.254 e. The number of ether oxygens (including phenoxy) is 2. The SMILES string of the molecule is COc1cccc(CN2C(=O)Cc3c(C)nc([C@H]4CCCN4C(=O)C(C)(C)OC)nc32)c1. The number of fused-ring (bicyclic) bond motifs is 1. The van der Waals surface area contributed by atoms with Crippen LogP contribution in [0.25, 0.3) is 0 Å². The van der Waals surface area contributed by atoms with Gasteiger partial charge in [0.15, 0.2) is 5.82 Å². The van der Waals surface area contributed by atoms with E-state index in [0.717, 1.165) is 35.4 Å². The number of likely N-dealkylation sites (tertiary alicyclic amines) is 1. The Morgan fingerprint density at radius 2 is 2.03 bits per heavy atom. The number of methoxy groups -OCH3 is 2. The van der Waals surface area contributed by atoms with E-state index in [-0.39, 0.29) is 24.3 Å². The van der Waals surface area contributed by atoms with Gasteiger partial charge in [0, 0.05) is 24.9 Å². The van der Waals surface area contributed by atoms with Crippen LogP contribution >= 0.6 is 0 Å². The van der Waals surface area contributed by atoms with Crippen LogP contribution in [-0.4, -0.2) is 53.0 Å². The van der Waals surface area contributed by atoms with Crippen LogP contribution in [0.2, 0.25) is 0 Å². The fourth-order valence-electron chi connectivity index (χ4n) is 4.37. The maximum atomic E-state index is 13.1. The summed E-state index contributed by atoms with van der Waals surface area (Å²) < 4.78 is 10.7. The first kappa shape index (κ1) is 22.2. The molecule has 8 nitrogen and oxygen atoms in total. The van der Waals surface area contributed by atoms with Gasteiger partial charge in [-0.1, -0.05) is 12.1 Å². The molecule has 0 N–H and O–H groups in total. The van der Waals surface area contributed by atoms with Crippen LogP contribution in [-0.2, 0) is 27.3 Å². The zero-order valence-corrected chi connectivity index (χ0v) is 19.3. The van der Waals surface area contributed by atoms with Gasteiger partial charge in [-0.05, 0) is 51.3 Å². The molecule has 32 heavy (non-hydrogen) atoms. The van der Waals surface area contributed by atoms with Crippen molar-refractivity contribution in [3.05, 3.63) is 46.9 Å². The van der Waals surface area contributed by atoms with Crippen molar-refractivity contribution in [2.24, 2.45) is 0 Å². The van der Waals surface area contributed by atoms with Crippen LogP contribution in [0.15, 0.2) is 24.3 Å². The minimum absolute atomic E-state index is 0.00255. The molecule has 0 radical (unpaired) electrons. The number of rotatable bonds is 6. The number of aryl methyl sites for hydroxylation is 1. The zero-order chi connectivity index (χ0) is 23.0. The van der Waals surface area contributed by atoms with Crippen molar-refractivity contribution in [3.63, 3.8) is 0 Å². The van der Waals surface area contributed by atoms with Gasteiger partial charge in [-0.2, -0.15) is 0 Å². The summed E-state index contributed by atoms with van der Waals surface area (Å²) in [5.74, 6) is 1.90. The van der Waals surface area contributed by atoms with Crippen LogP contribution in [0.1, 0.15) is 55.4 Å². The van der Waals surface area contributed by atoms with E-state index in [4.69, 9.17) is 19.4 Å². The molecule has 3 heterocycles. The number of carbonyl (C=O) groups excluding carboxylic acids is 2. The topological polar surface area (TPSA) is 84.9 Å². The summed E-state index contributed by atoms with van der Waals surface area (Å²) in [7, 11) is 3.17. The van der Waals surface area contributed by atoms with Gasteiger partial charge in [0.25, 0.3) is 5.91 Å². The van der Waals surface area contributed by atoms with E-state index in [1.54, 1.807) is 33.0 Å². The molecule has 0 unspecified atom stereocenters. The molecule has 2 aliphatic rings. The lowest BCUT2D eigenvalue weighted by molar-refractivity contribution is -0.152. The molecule has 170 valence electrons. The standard InChI is InChI=1S/C24H30N4O4/c1-15-18-13-20(29)28(14-16-8-6-9-17(12-16)31-4)22(18)26-21(25-15)19-10-7-11-27(19)23(30)24(2,3)32-5/h6,8-9,12,19H,7,10-11,13-14H2,1-5H3/t19-/m1/s1. The van der Waals surface area contributed by atoms with Gasteiger partial charge in [-0.15, -0.1) is 0 Å². The highest BCUT2D eigenvalue weighted by atomic mass is 16.5. The summed E-state index contributed by atoms with van der Waals surface area (Å²) in [5.41, 5.74) is 1.69. The number of carbonyl (C=O) groups is 2. The van der Waals surface area contributed by atoms with Crippen LogP contribution in [0, 0.1) is 6.92 Å². The van der Waals surface area contributed by atoms with E-state index >= 15 is 0 Å². The number of hydrogen-bond donors (Lipinski definition) is 0. The van der Waals surface area contributed by atoms with Crippen LogP contribution in [0.4, 0.5) is 5.82 Å². The summed E-state index contributed by atoms with van der Waals surface area (Å²) in [6.07, 6.45) is 1.95. The Morgan fingerprint density at radius 1 is 1.25 bits per heavy atom. The van der Waals surface area contributed by atoms with Crippen LogP contribution in [0.3, 0.4) is 0 Å². The summed E-state index contributed by atoms with van der Waals surface area (Å²) in [6.45, 7) is 6.50. The second-order valence-electron chi connectivity index (χ2n) is 8.85. The third-order valence-corrected chi connectivity index (χ3v) is 6.41. The fraction of sp³-hybridized carbons (Fsp3) is 0.500. The highest BCUT2D eigenvalue weighted by molar-refractivity contribution is 6.00. The number of aromatic nitrogens is 2. The summed E-state index contributed by atoms with van der Waals surface area (Å²) in [6, 6.07) is 7.44. The maximum Gasteiger partial charge on any atom is 0.254 e. The van der Waals surface area contributed by atoms with Crippen molar-refractivity contribution < 1.29 is 19.1 Å². The van der Waals surface area contributed by atoms with E-state index in [1.165, 1.54) is 0 Å².